The zero-order chi connectivity index (χ0) is 10.8. The zero-order valence-electron chi connectivity index (χ0n) is 10.1. The summed E-state index contributed by atoms with van der Waals surface area (Å²) in [6.07, 6.45) is 15.9. The monoisotopic (exact) mass is 209 g/mol. The quantitative estimate of drug-likeness (QED) is 0.446. The first kappa shape index (κ1) is 12.8. The second-order valence-corrected chi connectivity index (χ2v) is 4.78. The average molecular weight is 209 g/mol. The van der Waals surface area contributed by atoms with E-state index in [-0.39, 0.29) is 0 Å². The minimum atomic E-state index is 0.853. The summed E-state index contributed by atoms with van der Waals surface area (Å²) in [7, 11) is 0. The van der Waals surface area contributed by atoms with E-state index < -0.39 is 0 Å². The first-order valence-corrected chi connectivity index (χ1v) is 6.78. The van der Waals surface area contributed by atoms with Crippen LogP contribution in [0.1, 0.15) is 64.2 Å². The standard InChI is InChI=1S/C14H27N/c1-2-3-4-5-6-7-8-9-11-14-12-10-13-15-14/h2,14-15H,1,3-13H2. The van der Waals surface area contributed by atoms with Gasteiger partial charge in [-0.05, 0) is 38.6 Å². The number of hydrogen-bond acceptors (Lipinski definition) is 1. The molecule has 1 heterocycles. The van der Waals surface area contributed by atoms with Crippen LogP contribution in [-0.2, 0) is 0 Å². The zero-order valence-corrected chi connectivity index (χ0v) is 10.1. The largest absolute Gasteiger partial charge is 0.314 e. The summed E-state index contributed by atoms with van der Waals surface area (Å²) in [5.41, 5.74) is 0. The highest BCUT2D eigenvalue weighted by atomic mass is 14.9. The highest BCUT2D eigenvalue weighted by Crippen LogP contribution is 2.14. The van der Waals surface area contributed by atoms with Gasteiger partial charge >= 0.3 is 0 Å². The van der Waals surface area contributed by atoms with Gasteiger partial charge in [-0.2, -0.15) is 0 Å². The van der Waals surface area contributed by atoms with Gasteiger partial charge in [0.25, 0.3) is 0 Å². The summed E-state index contributed by atoms with van der Waals surface area (Å²) in [5, 5.41) is 3.56. The highest BCUT2D eigenvalue weighted by molar-refractivity contribution is 4.73. The van der Waals surface area contributed by atoms with Gasteiger partial charge in [-0.3, -0.25) is 0 Å². The van der Waals surface area contributed by atoms with Gasteiger partial charge in [-0.15, -0.1) is 6.58 Å². The first-order chi connectivity index (χ1) is 7.43. The summed E-state index contributed by atoms with van der Waals surface area (Å²) in [5.74, 6) is 0. The number of nitrogens with one attached hydrogen (secondary N) is 1. The van der Waals surface area contributed by atoms with E-state index in [1.807, 2.05) is 6.08 Å². The van der Waals surface area contributed by atoms with Crippen LogP contribution >= 0.6 is 0 Å². The molecule has 0 bridgehead atoms. The van der Waals surface area contributed by atoms with Crippen molar-refractivity contribution in [1.82, 2.24) is 5.32 Å². The molecule has 0 aromatic carbocycles. The number of rotatable bonds is 9. The molecule has 1 nitrogen and oxygen atoms in total. The van der Waals surface area contributed by atoms with E-state index in [1.165, 1.54) is 70.8 Å². The number of allylic oxidation sites excluding steroid dienone is 1. The van der Waals surface area contributed by atoms with Crippen LogP contribution in [0.3, 0.4) is 0 Å². The van der Waals surface area contributed by atoms with Crippen molar-refractivity contribution in [3.05, 3.63) is 12.7 Å². The van der Waals surface area contributed by atoms with Crippen molar-refractivity contribution >= 4 is 0 Å². The Morgan fingerprint density at radius 1 is 1.07 bits per heavy atom. The molecule has 1 unspecified atom stereocenters. The molecule has 1 rings (SSSR count). The summed E-state index contributed by atoms with van der Waals surface area (Å²) >= 11 is 0. The van der Waals surface area contributed by atoms with Crippen LogP contribution in [0, 0.1) is 0 Å². The molecule has 0 aliphatic carbocycles. The van der Waals surface area contributed by atoms with E-state index in [2.05, 4.69) is 11.9 Å². The fourth-order valence-corrected chi connectivity index (χ4v) is 2.39. The van der Waals surface area contributed by atoms with E-state index in [9.17, 15) is 0 Å². The van der Waals surface area contributed by atoms with Gasteiger partial charge in [0.2, 0.25) is 0 Å². The van der Waals surface area contributed by atoms with E-state index in [0.717, 1.165) is 6.04 Å². The molecule has 88 valence electrons. The van der Waals surface area contributed by atoms with Crippen LogP contribution in [0.15, 0.2) is 12.7 Å². The van der Waals surface area contributed by atoms with Crippen LogP contribution in [0.2, 0.25) is 0 Å². The van der Waals surface area contributed by atoms with Gasteiger partial charge in [0.05, 0.1) is 0 Å². The first-order valence-electron chi connectivity index (χ1n) is 6.78. The average Bonchev–Trinajstić information content (AvgIpc) is 2.75. The van der Waals surface area contributed by atoms with E-state index in [4.69, 9.17) is 0 Å². The molecule has 1 atom stereocenters. The van der Waals surface area contributed by atoms with Crippen molar-refractivity contribution < 1.29 is 0 Å². The van der Waals surface area contributed by atoms with Crippen molar-refractivity contribution in [3.63, 3.8) is 0 Å². The van der Waals surface area contributed by atoms with Gasteiger partial charge < -0.3 is 5.32 Å². The van der Waals surface area contributed by atoms with Gasteiger partial charge in [-0.25, -0.2) is 0 Å². The minimum Gasteiger partial charge on any atom is -0.314 e. The lowest BCUT2D eigenvalue weighted by atomic mass is 10.0. The fourth-order valence-electron chi connectivity index (χ4n) is 2.39. The molecule has 0 radical (unpaired) electrons. The van der Waals surface area contributed by atoms with Gasteiger partial charge in [0, 0.05) is 6.04 Å². The molecule has 1 fully saturated rings. The topological polar surface area (TPSA) is 12.0 Å². The molecule has 0 amide bonds. The molecule has 1 aliphatic rings. The Morgan fingerprint density at radius 3 is 2.47 bits per heavy atom. The molecular weight excluding hydrogens is 182 g/mol. The molecule has 0 aromatic heterocycles. The Bertz CT molecular complexity index is 147. The van der Waals surface area contributed by atoms with Crippen molar-refractivity contribution in [2.75, 3.05) is 6.54 Å². The van der Waals surface area contributed by atoms with Crippen molar-refractivity contribution in [3.8, 4) is 0 Å². The summed E-state index contributed by atoms with van der Waals surface area (Å²) < 4.78 is 0. The summed E-state index contributed by atoms with van der Waals surface area (Å²) in [6, 6.07) is 0.853. The Balaban J connectivity index is 1.74. The Hall–Kier alpha value is -0.300. The highest BCUT2D eigenvalue weighted by Gasteiger charge is 2.12. The molecule has 1 N–H and O–H groups in total. The lowest BCUT2D eigenvalue weighted by Gasteiger charge is -2.08. The third-order valence-corrected chi connectivity index (χ3v) is 3.37. The Kier molecular flexibility index (Phi) is 7.63. The fraction of sp³-hybridized carbons (Fsp3) is 0.857. The second kappa shape index (κ2) is 8.96. The third-order valence-electron chi connectivity index (χ3n) is 3.37. The van der Waals surface area contributed by atoms with Crippen molar-refractivity contribution in [2.45, 2.75) is 70.3 Å². The SMILES string of the molecule is C=CCCCCCCCCC1CCCN1. The number of hydrogen-bond donors (Lipinski definition) is 1. The van der Waals surface area contributed by atoms with E-state index >= 15 is 0 Å². The predicted octanol–water partition coefficient (Wildman–Crippen LogP) is 4.05. The molecule has 1 heteroatoms. The number of unbranched alkanes of at least 4 members (excludes halogenated alkanes) is 6. The van der Waals surface area contributed by atoms with Crippen LogP contribution in [0.4, 0.5) is 0 Å². The van der Waals surface area contributed by atoms with Crippen LogP contribution in [-0.4, -0.2) is 12.6 Å². The Morgan fingerprint density at radius 2 is 1.80 bits per heavy atom. The Labute approximate surface area is 95.3 Å². The van der Waals surface area contributed by atoms with Crippen LogP contribution < -0.4 is 5.32 Å². The maximum Gasteiger partial charge on any atom is 0.00675 e. The molecule has 1 aliphatic heterocycles. The molecule has 1 saturated heterocycles. The lowest BCUT2D eigenvalue weighted by molar-refractivity contribution is 0.503. The van der Waals surface area contributed by atoms with Gasteiger partial charge in [0.1, 0.15) is 0 Å². The van der Waals surface area contributed by atoms with Crippen LogP contribution in [0.25, 0.3) is 0 Å². The smallest absolute Gasteiger partial charge is 0.00675 e. The second-order valence-electron chi connectivity index (χ2n) is 4.78. The van der Waals surface area contributed by atoms with Crippen molar-refractivity contribution in [2.24, 2.45) is 0 Å². The van der Waals surface area contributed by atoms with Gasteiger partial charge in [-0.1, -0.05) is 38.2 Å². The predicted molar refractivity (Wildman–Crippen MR) is 68.2 cm³/mol. The minimum absolute atomic E-state index is 0.853. The normalized spacial score (nSPS) is 20.7. The molecule has 0 aromatic rings. The van der Waals surface area contributed by atoms with Crippen LogP contribution in [0.5, 0.6) is 0 Å². The summed E-state index contributed by atoms with van der Waals surface area (Å²) in [6.45, 7) is 5.00. The molecule has 15 heavy (non-hydrogen) atoms. The molecule has 0 spiro atoms. The maximum absolute atomic E-state index is 3.75. The molecule has 0 saturated carbocycles. The molecular formula is C14H27N. The van der Waals surface area contributed by atoms with E-state index in [0.29, 0.717) is 0 Å². The maximum atomic E-state index is 3.75. The van der Waals surface area contributed by atoms with E-state index in [1.54, 1.807) is 0 Å². The third kappa shape index (κ3) is 6.72. The lowest BCUT2D eigenvalue weighted by Crippen LogP contribution is -2.20. The van der Waals surface area contributed by atoms with Crippen molar-refractivity contribution in [1.29, 1.82) is 0 Å². The van der Waals surface area contributed by atoms with Gasteiger partial charge in [0.15, 0.2) is 0 Å². The summed E-state index contributed by atoms with van der Waals surface area (Å²) in [4.78, 5) is 0.